The van der Waals surface area contributed by atoms with Crippen molar-refractivity contribution in [2.45, 2.75) is 33.6 Å². The number of hydrogen-bond acceptors (Lipinski definition) is 2. The van der Waals surface area contributed by atoms with Crippen molar-refractivity contribution in [2.24, 2.45) is 0 Å². The second kappa shape index (κ2) is 7.82. The fourth-order valence-corrected chi connectivity index (χ4v) is 3.43. The predicted molar refractivity (Wildman–Crippen MR) is 109 cm³/mol. The molecule has 0 aromatic heterocycles. The van der Waals surface area contributed by atoms with Gasteiger partial charge in [0.15, 0.2) is 0 Å². The summed E-state index contributed by atoms with van der Waals surface area (Å²) in [4.78, 5) is 28.4. The smallest absolute Gasteiger partial charge is 0.325 e. The van der Waals surface area contributed by atoms with Crippen LogP contribution in [0.15, 0.2) is 42.5 Å². The molecule has 1 aliphatic heterocycles. The fraction of sp³-hybridized carbons (Fsp3) is 0.364. The number of nitrogens with zero attached hydrogens (tertiary/aromatic N) is 2. The Morgan fingerprint density at radius 2 is 1.67 bits per heavy atom. The van der Waals surface area contributed by atoms with Crippen LogP contribution in [0, 0.1) is 13.8 Å². The topological polar surface area (TPSA) is 52.7 Å². The molecule has 0 radical (unpaired) electrons. The van der Waals surface area contributed by atoms with E-state index in [0.29, 0.717) is 19.0 Å². The molecule has 2 aromatic rings. The third kappa shape index (κ3) is 4.48. The molecule has 5 heteroatoms. The molecule has 0 atom stereocenters. The van der Waals surface area contributed by atoms with Gasteiger partial charge in [-0.1, -0.05) is 32.0 Å². The monoisotopic (exact) mass is 365 g/mol. The molecule has 27 heavy (non-hydrogen) atoms. The van der Waals surface area contributed by atoms with Crippen LogP contribution in [0.3, 0.4) is 0 Å². The van der Waals surface area contributed by atoms with Gasteiger partial charge in [-0.3, -0.25) is 9.69 Å². The highest BCUT2D eigenvalue weighted by Crippen LogP contribution is 2.23. The molecule has 0 aliphatic carbocycles. The highest BCUT2D eigenvalue weighted by molar-refractivity contribution is 5.99. The highest BCUT2D eigenvalue weighted by atomic mass is 16.2. The first-order valence-electron chi connectivity index (χ1n) is 9.38. The van der Waals surface area contributed by atoms with E-state index in [4.69, 9.17) is 0 Å². The molecule has 142 valence electrons. The number of carbonyl (C=O) groups excluding carboxylic acids is 2. The third-order valence-electron chi connectivity index (χ3n) is 4.81. The summed E-state index contributed by atoms with van der Waals surface area (Å²) in [6.07, 6.45) is 0. The summed E-state index contributed by atoms with van der Waals surface area (Å²) in [7, 11) is 0. The molecule has 0 bridgehead atoms. The molecule has 1 fully saturated rings. The van der Waals surface area contributed by atoms with E-state index in [2.05, 4.69) is 37.4 Å². The lowest BCUT2D eigenvalue weighted by molar-refractivity contribution is -0.116. The molecule has 1 N–H and O–H groups in total. The number of carbonyl (C=O) groups is 2. The zero-order chi connectivity index (χ0) is 19.6. The van der Waals surface area contributed by atoms with Crippen molar-refractivity contribution in [3.8, 4) is 0 Å². The number of nitrogens with one attached hydrogen (secondary N) is 1. The molecule has 0 spiro atoms. The number of urea groups is 1. The van der Waals surface area contributed by atoms with E-state index in [1.807, 2.05) is 38.1 Å². The Kier molecular flexibility index (Phi) is 5.49. The van der Waals surface area contributed by atoms with Gasteiger partial charge in [-0.15, -0.1) is 0 Å². The molecule has 1 aliphatic rings. The average Bonchev–Trinajstić information content (AvgIpc) is 2.94. The Balaban J connectivity index is 1.62. The number of anilines is 2. The van der Waals surface area contributed by atoms with Crippen LogP contribution < -0.4 is 10.2 Å². The highest BCUT2D eigenvalue weighted by Gasteiger charge is 2.30. The maximum Gasteiger partial charge on any atom is 0.325 e. The van der Waals surface area contributed by atoms with Crippen molar-refractivity contribution in [3.05, 3.63) is 59.2 Å². The zero-order valence-electron chi connectivity index (χ0n) is 16.5. The molecular weight excluding hydrogens is 338 g/mol. The first-order chi connectivity index (χ1) is 12.8. The molecule has 3 amide bonds. The van der Waals surface area contributed by atoms with Gasteiger partial charge in [0.2, 0.25) is 5.91 Å². The van der Waals surface area contributed by atoms with Gasteiger partial charge in [0.1, 0.15) is 6.54 Å². The Morgan fingerprint density at radius 1 is 1.04 bits per heavy atom. The summed E-state index contributed by atoms with van der Waals surface area (Å²) in [6, 6.07) is 13.9. The van der Waals surface area contributed by atoms with E-state index < -0.39 is 0 Å². The van der Waals surface area contributed by atoms with Crippen LogP contribution in [0.4, 0.5) is 16.2 Å². The lowest BCUT2D eigenvalue weighted by Gasteiger charge is -2.19. The lowest BCUT2D eigenvalue weighted by atomic mass is 10.0. The number of benzene rings is 2. The van der Waals surface area contributed by atoms with Gasteiger partial charge < -0.3 is 10.2 Å². The van der Waals surface area contributed by atoms with Crippen molar-refractivity contribution in [3.63, 3.8) is 0 Å². The molecule has 1 saturated heterocycles. The number of aryl methyl sites for hydroxylation is 2. The quantitative estimate of drug-likeness (QED) is 0.858. The normalized spacial score (nSPS) is 14.2. The van der Waals surface area contributed by atoms with Gasteiger partial charge in [0.05, 0.1) is 0 Å². The summed E-state index contributed by atoms with van der Waals surface area (Å²) in [5.74, 6) is 0.282. The van der Waals surface area contributed by atoms with Crippen LogP contribution in [0.1, 0.15) is 36.5 Å². The first-order valence-corrected chi connectivity index (χ1v) is 9.38. The number of rotatable bonds is 5. The molecule has 2 aromatic carbocycles. The summed E-state index contributed by atoms with van der Waals surface area (Å²) in [5.41, 5.74) is 5.08. The van der Waals surface area contributed by atoms with E-state index >= 15 is 0 Å². The molecule has 0 unspecified atom stereocenters. The minimum atomic E-state index is -0.176. The molecule has 0 saturated carbocycles. The standard InChI is InChI=1S/C22H27N3O2/c1-15(2)18-5-7-20(8-6-18)25-10-9-24(22(25)27)14-21(26)23-19-12-16(3)11-17(4)13-19/h5-8,11-13,15H,9-10,14H2,1-4H3,(H,23,26). The maximum atomic E-state index is 12.7. The van der Waals surface area contributed by atoms with Crippen LogP contribution in [0.25, 0.3) is 0 Å². The maximum absolute atomic E-state index is 12.7. The molecule has 3 rings (SSSR count). The first kappa shape index (κ1) is 19.0. The Hall–Kier alpha value is -2.82. The summed E-state index contributed by atoms with van der Waals surface area (Å²) < 4.78 is 0. The van der Waals surface area contributed by atoms with E-state index in [0.717, 1.165) is 22.5 Å². The summed E-state index contributed by atoms with van der Waals surface area (Å²) >= 11 is 0. The van der Waals surface area contributed by atoms with Crippen LogP contribution in [0.5, 0.6) is 0 Å². The fourth-order valence-electron chi connectivity index (χ4n) is 3.43. The second-order valence-corrected chi connectivity index (χ2v) is 7.53. The SMILES string of the molecule is Cc1cc(C)cc(NC(=O)CN2CCN(c3ccc(C(C)C)cc3)C2=O)c1. The van der Waals surface area contributed by atoms with E-state index in [1.165, 1.54) is 5.56 Å². The lowest BCUT2D eigenvalue weighted by Crippen LogP contribution is -2.37. The van der Waals surface area contributed by atoms with Crippen LogP contribution in [-0.2, 0) is 4.79 Å². The van der Waals surface area contributed by atoms with Crippen LogP contribution in [0.2, 0.25) is 0 Å². The van der Waals surface area contributed by atoms with Gasteiger partial charge in [0, 0.05) is 24.5 Å². The average molecular weight is 365 g/mol. The van der Waals surface area contributed by atoms with E-state index in [-0.39, 0.29) is 18.5 Å². The van der Waals surface area contributed by atoms with Crippen molar-refractivity contribution in [1.29, 1.82) is 0 Å². The van der Waals surface area contributed by atoms with Gasteiger partial charge >= 0.3 is 6.03 Å². The second-order valence-electron chi connectivity index (χ2n) is 7.53. The van der Waals surface area contributed by atoms with Gasteiger partial charge in [-0.25, -0.2) is 4.79 Å². The summed E-state index contributed by atoms with van der Waals surface area (Å²) in [5, 5.41) is 2.89. The Bertz CT molecular complexity index is 823. The molecular formula is C22H27N3O2. The summed E-state index contributed by atoms with van der Waals surface area (Å²) in [6.45, 7) is 9.48. The molecule has 5 nitrogen and oxygen atoms in total. The van der Waals surface area contributed by atoms with Gasteiger partial charge in [-0.2, -0.15) is 0 Å². The number of hydrogen-bond donors (Lipinski definition) is 1. The minimum absolute atomic E-state index is 0.0619. The largest absolute Gasteiger partial charge is 0.325 e. The van der Waals surface area contributed by atoms with Crippen molar-refractivity contribution >= 4 is 23.3 Å². The molecule has 1 heterocycles. The van der Waals surface area contributed by atoms with Crippen molar-refractivity contribution < 1.29 is 9.59 Å². The third-order valence-corrected chi connectivity index (χ3v) is 4.81. The van der Waals surface area contributed by atoms with Gasteiger partial charge in [-0.05, 0) is 60.7 Å². The van der Waals surface area contributed by atoms with E-state index in [1.54, 1.807) is 9.80 Å². The minimum Gasteiger partial charge on any atom is -0.325 e. The predicted octanol–water partition coefficient (Wildman–Crippen LogP) is 4.31. The van der Waals surface area contributed by atoms with Crippen LogP contribution >= 0.6 is 0 Å². The van der Waals surface area contributed by atoms with Gasteiger partial charge in [0.25, 0.3) is 0 Å². The zero-order valence-corrected chi connectivity index (χ0v) is 16.5. The van der Waals surface area contributed by atoms with Crippen molar-refractivity contribution in [1.82, 2.24) is 4.90 Å². The van der Waals surface area contributed by atoms with Crippen molar-refractivity contribution in [2.75, 3.05) is 29.9 Å². The van der Waals surface area contributed by atoms with Crippen LogP contribution in [-0.4, -0.2) is 36.5 Å². The number of amides is 3. The Labute approximate surface area is 161 Å². The Morgan fingerprint density at radius 3 is 2.26 bits per heavy atom. The van der Waals surface area contributed by atoms with E-state index in [9.17, 15) is 9.59 Å².